The molecule has 0 aromatic heterocycles. The van der Waals surface area contributed by atoms with Crippen LogP contribution < -0.4 is 10.6 Å². The quantitative estimate of drug-likeness (QED) is 0.381. The first kappa shape index (κ1) is 24.0. The normalized spacial score (nSPS) is 12.7. The predicted octanol–water partition coefficient (Wildman–Crippen LogP) is 5.80. The van der Waals surface area contributed by atoms with Gasteiger partial charge in [0.15, 0.2) is 0 Å². The van der Waals surface area contributed by atoms with E-state index in [-0.39, 0.29) is 12.5 Å². The maximum absolute atomic E-state index is 12.9. The summed E-state index contributed by atoms with van der Waals surface area (Å²) in [5, 5.41) is 5.67. The predicted molar refractivity (Wildman–Crippen MR) is 134 cm³/mol. The highest BCUT2D eigenvalue weighted by molar-refractivity contribution is 14.2. The fourth-order valence-corrected chi connectivity index (χ4v) is 4.46. The van der Waals surface area contributed by atoms with Crippen LogP contribution in [0.3, 0.4) is 0 Å². The van der Waals surface area contributed by atoms with Gasteiger partial charge >= 0.3 is 6.09 Å². The Labute approximate surface area is 194 Å². The second kappa shape index (κ2) is 11.2. The van der Waals surface area contributed by atoms with Crippen LogP contribution in [0.4, 0.5) is 10.5 Å². The summed E-state index contributed by atoms with van der Waals surface area (Å²) in [4.78, 5) is 25.2. The summed E-state index contributed by atoms with van der Waals surface area (Å²) in [5.74, 6) is 0.602. The molecule has 0 heterocycles. The Bertz CT molecular complexity index is 844. The molecule has 0 bridgehead atoms. The van der Waals surface area contributed by atoms with Crippen molar-refractivity contribution in [1.29, 1.82) is 0 Å². The van der Waals surface area contributed by atoms with E-state index in [2.05, 4.69) is 60.3 Å². The molecule has 0 fully saturated rings. The fraction of sp³-hybridized carbons (Fsp3) is 0.333. The van der Waals surface area contributed by atoms with Gasteiger partial charge in [0.2, 0.25) is 5.91 Å². The second-order valence-corrected chi connectivity index (χ2v) is 18.3. The number of rotatable bonds is 8. The minimum Gasteiger partial charge on any atom is -0.445 e. The SMILES string of the molecule is Cc1c(Br)cccc1NC(=O)C(CCS(C)(C)I)NC(=O)OCc1ccccc1. The number of nitrogens with one attached hydrogen (secondary N) is 2. The van der Waals surface area contributed by atoms with E-state index in [0.29, 0.717) is 6.42 Å². The van der Waals surface area contributed by atoms with Gasteiger partial charge in [-0.2, -0.15) is 7.20 Å². The molecule has 5 nitrogen and oxygen atoms in total. The van der Waals surface area contributed by atoms with Crippen molar-refractivity contribution >= 4 is 62.0 Å². The summed E-state index contributed by atoms with van der Waals surface area (Å²) in [7, 11) is -0.841. The van der Waals surface area contributed by atoms with E-state index in [1.54, 1.807) is 0 Å². The third kappa shape index (κ3) is 8.55. The Morgan fingerprint density at radius 2 is 1.83 bits per heavy atom. The number of hydrogen-bond acceptors (Lipinski definition) is 3. The van der Waals surface area contributed by atoms with Crippen LogP contribution in [0.2, 0.25) is 0 Å². The summed E-state index contributed by atoms with van der Waals surface area (Å²) in [6.45, 7) is 2.09. The van der Waals surface area contributed by atoms with E-state index in [0.717, 1.165) is 27.0 Å². The van der Waals surface area contributed by atoms with Gasteiger partial charge < -0.3 is 15.4 Å². The van der Waals surface area contributed by atoms with E-state index in [1.807, 2.05) is 55.5 Å². The van der Waals surface area contributed by atoms with Crippen LogP contribution in [0, 0.1) is 6.92 Å². The monoisotopic (exact) mass is 592 g/mol. The van der Waals surface area contributed by atoms with Gasteiger partial charge in [-0.05, 0) is 76.1 Å². The number of hydrogen-bond donors (Lipinski definition) is 2. The average molecular weight is 593 g/mol. The van der Waals surface area contributed by atoms with Gasteiger partial charge in [0.1, 0.15) is 12.6 Å². The molecule has 2 amide bonds. The highest BCUT2D eigenvalue weighted by Crippen LogP contribution is 2.49. The lowest BCUT2D eigenvalue weighted by Crippen LogP contribution is -2.44. The number of amides is 2. The Balaban J connectivity index is 2.03. The summed E-state index contributed by atoms with van der Waals surface area (Å²) < 4.78 is 6.22. The fourth-order valence-electron chi connectivity index (χ4n) is 2.54. The average Bonchev–Trinajstić information content (AvgIpc) is 2.67. The first-order valence-corrected chi connectivity index (χ1v) is 15.0. The van der Waals surface area contributed by atoms with Crippen molar-refractivity contribution in [1.82, 2.24) is 5.32 Å². The highest BCUT2D eigenvalue weighted by Gasteiger charge is 2.24. The number of carbonyl (C=O) groups is 2. The van der Waals surface area contributed by atoms with E-state index in [9.17, 15) is 9.59 Å². The number of alkyl carbamates (subject to hydrolysis) is 1. The third-order valence-electron chi connectivity index (χ3n) is 4.24. The molecule has 2 aromatic carbocycles. The number of ether oxygens (including phenoxy) is 1. The topological polar surface area (TPSA) is 67.4 Å². The van der Waals surface area contributed by atoms with Gasteiger partial charge in [0, 0.05) is 10.2 Å². The van der Waals surface area contributed by atoms with Gasteiger partial charge in [0.05, 0.1) is 0 Å². The maximum Gasteiger partial charge on any atom is 0.408 e. The lowest BCUT2D eigenvalue weighted by molar-refractivity contribution is -0.118. The van der Waals surface area contributed by atoms with E-state index >= 15 is 0 Å². The van der Waals surface area contributed by atoms with E-state index in [1.165, 1.54) is 0 Å². The Hall–Kier alpha value is -1.26. The zero-order chi connectivity index (χ0) is 21.4. The summed E-state index contributed by atoms with van der Waals surface area (Å²) >= 11 is 5.90. The van der Waals surface area contributed by atoms with Gasteiger partial charge in [-0.1, -0.05) is 52.3 Å². The zero-order valence-corrected chi connectivity index (χ0v) is 21.3. The minimum atomic E-state index is -0.841. The molecule has 158 valence electrons. The molecular formula is C21H26BrIN2O3S. The van der Waals surface area contributed by atoms with E-state index in [4.69, 9.17) is 4.74 Å². The van der Waals surface area contributed by atoms with Gasteiger partial charge in [0.25, 0.3) is 0 Å². The van der Waals surface area contributed by atoms with Crippen molar-refractivity contribution < 1.29 is 14.3 Å². The molecule has 1 atom stereocenters. The molecule has 1 unspecified atom stereocenters. The first-order valence-electron chi connectivity index (χ1n) is 9.09. The lowest BCUT2D eigenvalue weighted by atomic mass is 10.1. The van der Waals surface area contributed by atoms with Crippen molar-refractivity contribution in [3.8, 4) is 0 Å². The first-order chi connectivity index (χ1) is 13.7. The van der Waals surface area contributed by atoms with Gasteiger partial charge in [-0.3, -0.25) is 4.79 Å². The molecule has 29 heavy (non-hydrogen) atoms. The van der Waals surface area contributed by atoms with Crippen molar-refractivity contribution in [3.05, 3.63) is 64.1 Å². The van der Waals surface area contributed by atoms with Crippen molar-refractivity contribution in [2.24, 2.45) is 0 Å². The highest BCUT2D eigenvalue weighted by atomic mass is 127. The third-order valence-corrected chi connectivity index (χ3v) is 7.63. The molecule has 2 aromatic rings. The molecule has 8 heteroatoms. The molecule has 0 aliphatic rings. The second-order valence-electron chi connectivity index (χ2n) is 7.06. The Kier molecular flexibility index (Phi) is 9.29. The molecular weight excluding hydrogens is 567 g/mol. The molecule has 0 radical (unpaired) electrons. The molecule has 0 spiro atoms. The van der Waals surface area contributed by atoms with Crippen LogP contribution in [0.25, 0.3) is 0 Å². The van der Waals surface area contributed by atoms with Crippen LogP contribution in [0.15, 0.2) is 53.0 Å². The number of halogens is 2. The van der Waals surface area contributed by atoms with E-state index < -0.39 is 19.3 Å². The van der Waals surface area contributed by atoms with Crippen LogP contribution in [0.5, 0.6) is 0 Å². The Morgan fingerprint density at radius 1 is 1.14 bits per heavy atom. The number of carbonyl (C=O) groups excluding carboxylic acids is 2. The standard InChI is InChI=1S/C21H26BrIN2O3S/c1-15-17(22)10-7-11-18(15)24-20(26)19(12-13-29(2,3)23)25-21(27)28-14-16-8-5-4-6-9-16/h4-11,19H,12-14H2,1-3H3,(H,24,26)(H,25,27). The van der Waals surface area contributed by atoms with Gasteiger partial charge in [-0.25, -0.2) is 4.79 Å². The summed E-state index contributed by atoms with van der Waals surface area (Å²) in [5.41, 5.74) is 2.55. The number of benzene rings is 2. The molecule has 2 rings (SSSR count). The minimum absolute atomic E-state index is 0.161. The molecule has 2 N–H and O–H groups in total. The van der Waals surface area contributed by atoms with Crippen LogP contribution in [0.1, 0.15) is 17.5 Å². The number of anilines is 1. The van der Waals surface area contributed by atoms with Crippen molar-refractivity contribution in [2.45, 2.75) is 26.0 Å². The molecule has 0 aliphatic carbocycles. The maximum atomic E-state index is 12.9. The molecule has 0 aliphatic heterocycles. The van der Waals surface area contributed by atoms with Gasteiger partial charge in [-0.15, -0.1) is 0 Å². The zero-order valence-electron chi connectivity index (χ0n) is 16.7. The molecule has 0 saturated heterocycles. The van der Waals surface area contributed by atoms with Crippen molar-refractivity contribution in [3.63, 3.8) is 0 Å². The summed E-state index contributed by atoms with van der Waals surface area (Å²) in [6.07, 6.45) is 4.30. The van der Waals surface area contributed by atoms with Crippen LogP contribution >= 0.6 is 44.3 Å². The largest absolute Gasteiger partial charge is 0.445 e. The molecule has 0 saturated carbocycles. The smallest absolute Gasteiger partial charge is 0.408 e. The summed E-state index contributed by atoms with van der Waals surface area (Å²) in [6, 6.07) is 14.4. The van der Waals surface area contributed by atoms with Crippen LogP contribution in [-0.4, -0.2) is 36.3 Å². The lowest BCUT2D eigenvalue weighted by Gasteiger charge is -2.26. The van der Waals surface area contributed by atoms with Crippen LogP contribution in [-0.2, 0) is 16.1 Å². The Morgan fingerprint density at radius 3 is 2.48 bits per heavy atom. The van der Waals surface area contributed by atoms with Crippen molar-refractivity contribution in [2.75, 3.05) is 23.6 Å².